The van der Waals surface area contributed by atoms with Crippen LogP contribution in [-0.4, -0.2) is 30.9 Å². The van der Waals surface area contributed by atoms with Gasteiger partial charge in [-0.15, -0.1) is 10.2 Å². The van der Waals surface area contributed by atoms with Gasteiger partial charge in [0.2, 0.25) is 0 Å². The molecule has 0 aliphatic rings. The lowest BCUT2D eigenvalue weighted by Gasteiger charge is -2.08. The van der Waals surface area contributed by atoms with E-state index in [0.29, 0.717) is 28.1 Å². The third-order valence-corrected chi connectivity index (χ3v) is 4.99. The summed E-state index contributed by atoms with van der Waals surface area (Å²) in [7, 11) is 0. The maximum atomic E-state index is 11.7. The molecule has 0 fully saturated rings. The Morgan fingerprint density at radius 1 is 1.15 bits per heavy atom. The van der Waals surface area contributed by atoms with Gasteiger partial charge >= 0.3 is 5.97 Å². The van der Waals surface area contributed by atoms with E-state index in [0.717, 1.165) is 17.3 Å². The molecular weight excluding hydrogens is 386 g/mol. The molecule has 0 bridgehead atoms. The molecule has 138 valence electrons. The number of nitrogens with zero attached hydrogens (tertiary/aromatic N) is 3. The predicted molar refractivity (Wildman–Crippen MR) is 106 cm³/mol. The summed E-state index contributed by atoms with van der Waals surface area (Å²) in [5, 5.41) is 28.4. The molecule has 0 aliphatic heterocycles. The number of aromatic nitrogens is 3. The summed E-state index contributed by atoms with van der Waals surface area (Å²) in [6, 6.07) is 13.5. The van der Waals surface area contributed by atoms with E-state index >= 15 is 0 Å². The molecule has 6 nitrogen and oxygen atoms in total. The van der Waals surface area contributed by atoms with Crippen molar-refractivity contribution in [2.24, 2.45) is 0 Å². The smallest absolute Gasteiger partial charge is 0.342 e. The summed E-state index contributed by atoms with van der Waals surface area (Å²) in [4.78, 5) is 11.8. The van der Waals surface area contributed by atoms with Crippen LogP contribution >= 0.6 is 23.4 Å². The van der Waals surface area contributed by atoms with Crippen LogP contribution in [0.25, 0.3) is 17.5 Å². The number of hydrogen-bond acceptors (Lipinski definition) is 5. The lowest BCUT2D eigenvalue weighted by Crippen LogP contribution is -2.02. The molecule has 0 atom stereocenters. The second kappa shape index (κ2) is 8.28. The first-order valence-corrected chi connectivity index (χ1v) is 9.28. The number of benzene rings is 2. The van der Waals surface area contributed by atoms with Crippen molar-refractivity contribution in [3.8, 4) is 17.1 Å². The molecule has 27 heavy (non-hydrogen) atoms. The Kier molecular flexibility index (Phi) is 5.83. The highest BCUT2D eigenvalue weighted by Gasteiger charge is 2.18. The van der Waals surface area contributed by atoms with Gasteiger partial charge in [-0.1, -0.05) is 23.7 Å². The fourth-order valence-electron chi connectivity index (χ4n) is 2.42. The number of carboxylic acid groups (broad SMARTS) is 1. The first-order chi connectivity index (χ1) is 13.0. The number of hydrogen-bond donors (Lipinski definition) is 2. The third-order valence-electron chi connectivity index (χ3n) is 3.74. The van der Waals surface area contributed by atoms with Crippen molar-refractivity contribution in [1.29, 1.82) is 0 Å². The molecule has 2 N–H and O–H groups in total. The van der Waals surface area contributed by atoms with E-state index in [9.17, 15) is 15.0 Å². The lowest BCUT2D eigenvalue weighted by atomic mass is 10.2. The van der Waals surface area contributed by atoms with Crippen molar-refractivity contribution in [2.45, 2.75) is 18.6 Å². The van der Waals surface area contributed by atoms with E-state index in [1.165, 1.54) is 18.2 Å². The molecule has 0 saturated carbocycles. The van der Waals surface area contributed by atoms with Gasteiger partial charge in [-0.3, -0.25) is 0 Å². The summed E-state index contributed by atoms with van der Waals surface area (Å²) in [5.41, 5.74) is 1.51. The van der Waals surface area contributed by atoms with Gasteiger partial charge in [-0.05, 0) is 66.7 Å². The average molecular weight is 402 g/mol. The Balaban J connectivity index is 1.94. The van der Waals surface area contributed by atoms with E-state index in [2.05, 4.69) is 10.2 Å². The highest BCUT2D eigenvalue weighted by atomic mass is 35.5. The maximum Gasteiger partial charge on any atom is 0.342 e. The molecule has 3 rings (SSSR count). The predicted octanol–water partition coefficient (Wildman–Crippen LogP) is 4.54. The Morgan fingerprint density at radius 2 is 1.81 bits per heavy atom. The SMILES string of the molecule is CCn1c(S/C(=C/c2ccc(O)cc2)C(=O)O)nnc1-c1ccc(Cl)cc1. The van der Waals surface area contributed by atoms with E-state index in [1.54, 1.807) is 24.3 Å². The van der Waals surface area contributed by atoms with E-state index < -0.39 is 5.97 Å². The zero-order valence-corrected chi connectivity index (χ0v) is 15.9. The van der Waals surface area contributed by atoms with Gasteiger partial charge in [0.05, 0.1) is 0 Å². The minimum absolute atomic E-state index is 0.102. The molecule has 0 radical (unpaired) electrons. The molecule has 1 aromatic heterocycles. The van der Waals surface area contributed by atoms with E-state index in [1.807, 2.05) is 23.6 Å². The van der Waals surface area contributed by atoms with Gasteiger partial charge in [-0.25, -0.2) is 4.79 Å². The lowest BCUT2D eigenvalue weighted by molar-refractivity contribution is -0.131. The van der Waals surface area contributed by atoms with Crippen LogP contribution in [0.4, 0.5) is 0 Å². The van der Waals surface area contributed by atoms with E-state index in [4.69, 9.17) is 11.6 Å². The number of carbonyl (C=O) groups is 1. The van der Waals surface area contributed by atoms with Crippen molar-refractivity contribution in [1.82, 2.24) is 14.8 Å². The molecule has 0 unspecified atom stereocenters. The summed E-state index contributed by atoms with van der Waals surface area (Å²) >= 11 is 6.96. The molecule has 0 aliphatic carbocycles. The topological polar surface area (TPSA) is 88.2 Å². The van der Waals surface area contributed by atoms with Crippen molar-refractivity contribution in [3.05, 3.63) is 64.0 Å². The number of aliphatic carboxylic acids is 1. The quantitative estimate of drug-likeness (QED) is 0.465. The minimum Gasteiger partial charge on any atom is -0.508 e. The zero-order chi connectivity index (χ0) is 19.4. The van der Waals surface area contributed by atoms with E-state index in [-0.39, 0.29) is 10.7 Å². The summed E-state index contributed by atoms with van der Waals surface area (Å²) in [6.07, 6.45) is 1.53. The number of rotatable bonds is 6. The highest BCUT2D eigenvalue weighted by Crippen LogP contribution is 2.31. The third kappa shape index (κ3) is 4.50. The molecule has 1 heterocycles. The molecular formula is C19H16ClN3O3S. The Labute approximate surface area is 165 Å². The Morgan fingerprint density at radius 3 is 2.41 bits per heavy atom. The second-order valence-electron chi connectivity index (χ2n) is 5.56. The van der Waals surface area contributed by atoms with Crippen LogP contribution in [0.3, 0.4) is 0 Å². The number of thioether (sulfide) groups is 1. The van der Waals surface area contributed by atoms with Crippen LogP contribution in [0, 0.1) is 0 Å². The van der Waals surface area contributed by atoms with Crippen molar-refractivity contribution >= 4 is 35.4 Å². The van der Waals surface area contributed by atoms with Crippen molar-refractivity contribution in [2.75, 3.05) is 0 Å². The van der Waals surface area contributed by atoms with Gasteiger partial charge in [0.15, 0.2) is 11.0 Å². The monoisotopic (exact) mass is 401 g/mol. The molecule has 2 aromatic carbocycles. The first-order valence-electron chi connectivity index (χ1n) is 8.09. The Hall–Kier alpha value is -2.77. The maximum absolute atomic E-state index is 11.7. The van der Waals surface area contributed by atoms with Crippen LogP contribution in [0.2, 0.25) is 5.02 Å². The van der Waals surface area contributed by atoms with Crippen LogP contribution in [0.5, 0.6) is 5.75 Å². The van der Waals surface area contributed by atoms with Crippen LogP contribution in [0.1, 0.15) is 12.5 Å². The standard InChI is InChI=1S/C19H16ClN3O3S/c1-2-23-17(13-5-7-14(20)8-6-13)21-22-19(23)27-16(18(25)26)11-12-3-9-15(24)10-4-12/h3-11,24H,2H2,1H3,(H,25,26)/b16-11+. The van der Waals surface area contributed by atoms with Gasteiger partial charge in [0, 0.05) is 17.1 Å². The molecule has 0 amide bonds. The number of phenolic OH excluding ortho intramolecular Hbond substituents is 1. The number of halogens is 1. The first kappa shape index (κ1) is 19.0. The summed E-state index contributed by atoms with van der Waals surface area (Å²) in [5.74, 6) is -0.298. The second-order valence-corrected chi connectivity index (χ2v) is 7.01. The van der Waals surface area contributed by atoms with Crippen molar-refractivity contribution in [3.63, 3.8) is 0 Å². The van der Waals surface area contributed by atoms with Crippen molar-refractivity contribution < 1.29 is 15.0 Å². The fourth-order valence-corrected chi connectivity index (χ4v) is 3.43. The molecule has 0 saturated heterocycles. The zero-order valence-electron chi connectivity index (χ0n) is 14.3. The minimum atomic E-state index is -1.06. The van der Waals surface area contributed by atoms with Crippen LogP contribution in [-0.2, 0) is 11.3 Å². The molecule has 0 spiro atoms. The van der Waals surface area contributed by atoms with Gasteiger partial charge in [0.25, 0.3) is 0 Å². The van der Waals surface area contributed by atoms with Crippen LogP contribution < -0.4 is 0 Å². The fraction of sp³-hybridized carbons (Fsp3) is 0.105. The van der Waals surface area contributed by atoms with Gasteiger partial charge in [0.1, 0.15) is 10.7 Å². The van der Waals surface area contributed by atoms with Crippen LogP contribution in [0.15, 0.2) is 58.6 Å². The Bertz CT molecular complexity index is 982. The highest BCUT2D eigenvalue weighted by molar-refractivity contribution is 8.04. The number of aromatic hydroxyl groups is 1. The average Bonchev–Trinajstić information content (AvgIpc) is 3.06. The summed E-state index contributed by atoms with van der Waals surface area (Å²) in [6.45, 7) is 2.52. The number of carboxylic acids is 1. The largest absolute Gasteiger partial charge is 0.508 e. The normalized spacial score (nSPS) is 11.6. The van der Waals surface area contributed by atoms with Gasteiger partial charge < -0.3 is 14.8 Å². The molecule has 8 heteroatoms. The number of phenols is 1. The summed E-state index contributed by atoms with van der Waals surface area (Å²) < 4.78 is 1.85. The molecule has 3 aromatic rings. The van der Waals surface area contributed by atoms with Gasteiger partial charge in [-0.2, -0.15) is 0 Å².